The van der Waals surface area contributed by atoms with Crippen LogP contribution >= 0.6 is 11.3 Å². The fourth-order valence-electron chi connectivity index (χ4n) is 4.23. The lowest BCUT2D eigenvalue weighted by Gasteiger charge is -2.27. The van der Waals surface area contributed by atoms with Crippen LogP contribution in [0.3, 0.4) is 0 Å². The van der Waals surface area contributed by atoms with Crippen molar-refractivity contribution in [3.8, 4) is 0 Å². The van der Waals surface area contributed by atoms with E-state index in [0.29, 0.717) is 6.42 Å². The van der Waals surface area contributed by atoms with Crippen molar-refractivity contribution in [3.05, 3.63) is 71.2 Å². The molecule has 0 saturated carbocycles. The average molecular weight is 534 g/mol. The van der Waals surface area contributed by atoms with Gasteiger partial charge in [0.15, 0.2) is 0 Å². The molecule has 6 N–H and O–H groups in total. The number of aromatic nitrogens is 1. The minimum absolute atomic E-state index is 0.178. The maximum Gasteiger partial charge on any atom is 0.244 e. The van der Waals surface area contributed by atoms with Gasteiger partial charge in [0.25, 0.3) is 0 Å². The van der Waals surface area contributed by atoms with E-state index in [4.69, 9.17) is 5.73 Å². The lowest BCUT2D eigenvalue weighted by molar-refractivity contribution is -0.132. The summed E-state index contributed by atoms with van der Waals surface area (Å²) in [5.74, 6) is -1.27. The highest BCUT2D eigenvalue weighted by Crippen LogP contribution is 2.27. The molecule has 2 atom stereocenters. The molecule has 2 heterocycles. The number of hydrogen-bond acceptors (Lipinski definition) is 5. The van der Waals surface area contributed by atoms with Crippen LogP contribution in [0.2, 0.25) is 0 Å². The van der Waals surface area contributed by atoms with E-state index >= 15 is 0 Å². The van der Waals surface area contributed by atoms with Gasteiger partial charge < -0.3 is 26.7 Å². The third-order valence-corrected chi connectivity index (χ3v) is 7.46. The third kappa shape index (κ3) is 6.41. The van der Waals surface area contributed by atoms with Crippen molar-refractivity contribution in [1.82, 2.24) is 20.9 Å². The van der Waals surface area contributed by atoms with Crippen molar-refractivity contribution < 1.29 is 14.4 Å². The summed E-state index contributed by atoms with van der Waals surface area (Å²) in [6.45, 7) is 6.79. The van der Waals surface area contributed by atoms with Crippen LogP contribution in [0.15, 0.2) is 60.1 Å². The van der Waals surface area contributed by atoms with Crippen molar-refractivity contribution in [2.24, 2.45) is 11.7 Å². The molecule has 0 fully saturated rings. The number of hydrogen-bond donors (Lipinski definition) is 5. The van der Waals surface area contributed by atoms with Gasteiger partial charge in [-0.25, -0.2) is 0 Å². The summed E-state index contributed by atoms with van der Waals surface area (Å²) in [6, 6.07) is 14.9. The predicted octanol–water partition coefficient (Wildman–Crippen LogP) is 3.60. The van der Waals surface area contributed by atoms with Gasteiger partial charge in [-0.05, 0) is 47.9 Å². The number of nitrogens with one attached hydrogen (secondary N) is 4. The number of aromatic amines is 1. The van der Waals surface area contributed by atoms with Crippen molar-refractivity contribution in [3.63, 3.8) is 0 Å². The maximum absolute atomic E-state index is 13.7. The van der Waals surface area contributed by atoms with E-state index in [1.165, 1.54) is 0 Å². The zero-order valence-electron chi connectivity index (χ0n) is 22.1. The van der Waals surface area contributed by atoms with Crippen LogP contribution in [0.4, 0.5) is 0 Å². The van der Waals surface area contributed by atoms with Crippen molar-refractivity contribution >= 4 is 50.0 Å². The zero-order valence-corrected chi connectivity index (χ0v) is 22.9. The summed E-state index contributed by atoms with van der Waals surface area (Å²) in [4.78, 5) is 42.4. The molecular weight excluding hydrogens is 498 g/mol. The van der Waals surface area contributed by atoms with Gasteiger partial charge in [-0.15, -0.1) is 11.3 Å². The average Bonchev–Trinajstić information content (AvgIpc) is 3.47. The number of rotatable bonds is 10. The molecule has 4 rings (SSSR count). The van der Waals surface area contributed by atoms with Crippen LogP contribution < -0.4 is 21.7 Å². The Hall–Kier alpha value is -3.69. The number of amides is 3. The van der Waals surface area contributed by atoms with E-state index in [9.17, 15) is 14.4 Å². The standard InChI is InChI=1S/C29H35N5O3S/c1-17(2)26(35)33-25(14-18-15-31-22-11-7-5-9-20(18)22)34-27(36)23(32-28(37)29(3,4)30)13-19-16-38-24-12-8-6-10-21(19)24/h5-12,15-17,23,25,31H,13-14,30H2,1-4H3,(H,32,37)(H,33,35)(H,34,36)/t23-,25+/m1/s1. The first-order valence-corrected chi connectivity index (χ1v) is 13.6. The lowest BCUT2D eigenvalue weighted by atomic mass is 10.0. The highest BCUT2D eigenvalue weighted by molar-refractivity contribution is 7.17. The number of fused-ring (bicyclic) bond motifs is 2. The SMILES string of the molecule is CC(C)C(=O)N[C@H](Cc1c[nH]c2ccccc12)NC(=O)[C@@H](Cc1csc2ccccc12)NC(=O)C(C)(C)N. The van der Waals surface area contributed by atoms with Crippen LogP contribution in [0.5, 0.6) is 0 Å². The fraction of sp³-hybridized carbons (Fsp3) is 0.345. The van der Waals surface area contributed by atoms with Crippen molar-refractivity contribution in [2.45, 2.75) is 58.3 Å². The lowest BCUT2D eigenvalue weighted by Crippen LogP contribution is -2.59. The van der Waals surface area contributed by atoms with Crippen LogP contribution in [0, 0.1) is 5.92 Å². The molecule has 2 aromatic heterocycles. The zero-order chi connectivity index (χ0) is 27.4. The van der Waals surface area contributed by atoms with E-state index in [1.54, 1.807) is 39.0 Å². The molecule has 0 bridgehead atoms. The smallest absolute Gasteiger partial charge is 0.244 e. The molecule has 0 unspecified atom stereocenters. The Morgan fingerprint density at radius 1 is 0.895 bits per heavy atom. The summed E-state index contributed by atoms with van der Waals surface area (Å²) >= 11 is 1.59. The first-order chi connectivity index (χ1) is 18.0. The molecule has 8 nitrogen and oxygen atoms in total. The van der Waals surface area contributed by atoms with E-state index in [2.05, 4.69) is 20.9 Å². The third-order valence-electron chi connectivity index (χ3n) is 6.45. The molecule has 0 spiro atoms. The van der Waals surface area contributed by atoms with Crippen LogP contribution in [-0.4, -0.2) is 40.5 Å². The number of H-pyrrole nitrogens is 1. The largest absolute Gasteiger partial charge is 0.361 e. The van der Waals surface area contributed by atoms with Gasteiger partial charge >= 0.3 is 0 Å². The van der Waals surface area contributed by atoms with Gasteiger partial charge in [0.1, 0.15) is 12.2 Å². The van der Waals surface area contributed by atoms with E-state index < -0.39 is 29.6 Å². The minimum atomic E-state index is -1.16. The van der Waals surface area contributed by atoms with Crippen LogP contribution in [-0.2, 0) is 27.2 Å². The van der Waals surface area contributed by atoms with Gasteiger partial charge in [0, 0.05) is 40.6 Å². The van der Waals surface area contributed by atoms with Crippen molar-refractivity contribution in [2.75, 3.05) is 0 Å². The summed E-state index contributed by atoms with van der Waals surface area (Å²) < 4.78 is 1.11. The van der Waals surface area contributed by atoms with E-state index in [1.807, 2.05) is 60.1 Å². The van der Waals surface area contributed by atoms with Crippen molar-refractivity contribution in [1.29, 1.82) is 0 Å². The minimum Gasteiger partial charge on any atom is -0.361 e. The Balaban J connectivity index is 1.60. The maximum atomic E-state index is 13.7. The first-order valence-electron chi connectivity index (χ1n) is 12.7. The Bertz CT molecular complexity index is 1450. The summed E-state index contributed by atoms with van der Waals surface area (Å²) in [5, 5.41) is 12.9. The molecule has 9 heteroatoms. The Morgan fingerprint density at radius 3 is 2.26 bits per heavy atom. The normalized spacial score (nSPS) is 13.4. The van der Waals surface area contributed by atoms with Gasteiger partial charge in [-0.2, -0.15) is 0 Å². The van der Waals surface area contributed by atoms with E-state index in [-0.39, 0.29) is 18.2 Å². The number of carbonyl (C=O) groups excluding carboxylic acids is 3. The van der Waals surface area contributed by atoms with Gasteiger partial charge in [0.05, 0.1) is 5.54 Å². The van der Waals surface area contributed by atoms with Crippen LogP contribution in [0.1, 0.15) is 38.8 Å². The van der Waals surface area contributed by atoms with Gasteiger partial charge in [0.2, 0.25) is 17.7 Å². The van der Waals surface area contributed by atoms with E-state index in [0.717, 1.165) is 32.1 Å². The number of thiophene rings is 1. The molecule has 2 aromatic carbocycles. The highest BCUT2D eigenvalue weighted by Gasteiger charge is 2.30. The highest BCUT2D eigenvalue weighted by atomic mass is 32.1. The molecule has 200 valence electrons. The summed E-state index contributed by atoms with van der Waals surface area (Å²) in [6.07, 6.45) is 1.87. The number of carbonyl (C=O) groups is 3. The van der Waals surface area contributed by atoms with Crippen LogP contribution in [0.25, 0.3) is 21.0 Å². The summed E-state index contributed by atoms with van der Waals surface area (Å²) in [7, 11) is 0. The monoisotopic (exact) mass is 533 g/mol. The van der Waals surface area contributed by atoms with Gasteiger partial charge in [-0.3, -0.25) is 14.4 Å². The fourth-order valence-corrected chi connectivity index (χ4v) is 5.21. The predicted molar refractivity (Wildman–Crippen MR) is 153 cm³/mol. The Kier molecular flexibility index (Phi) is 8.18. The first kappa shape index (κ1) is 27.3. The Morgan fingerprint density at radius 2 is 1.55 bits per heavy atom. The second kappa shape index (κ2) is 11.4. The number of nitrogens with two attached hydrogens (primary N) is 1. The second-order valence-electron chi connectivity index (χ2n) is 10.5. The molecule has 0 aliphatic carbocycles. The summed E-state index contributed by atoms with van der Waals surface area (Å²) in [5.41, 5.74) is 7.76. The Labute approximate surface area is 226 Å². The molecule has 0 aliphatic heterocycles. The molecule has 0 radical (unpaired) electrons. The molecule has 0 aliphatic rings. The molecule has 4 aromatic rings. The second-order valence-corrected chi connectivity index (χ2v) is 11.4. The molecule has 0 saturated heterocycles. The van der Waals surface area contributed by atoms with Gasteiger partial charge in [-0.1, -0.05) is 50.2 Å². The number of para-hydroxylation sites is 1. The molecule has 38 heavy (non-hydrogen) atoms. The quantitative estimate of drug-likeness (QED) is 0.200. The topological polar surface area (TPSA) is 129 Å². The molecular formula is C29H35N5O3S. The molecule has 3 amide bonds. The number of benzene rings is 2.